The molecule has 0 radical (unpaired) electrons. The molecule has 1 N–H and O–H groups in total. The van der Waals surface area contributed by atoms with Crippen molar-refractivity contribution in [3.05, 3.63) is 18.5 Å². The van der Waals surface area contributed by atoms with Crippen LogP contribution in [0.1, 0.15) is 32.6 Å². The summed E-state index contributed by atoms with van der Waals surface area (Å²) in [5, 5.41) is 7.33. The molecule has 2 aliphatic rings. The number of likely N-dealkylation sites (tertiary alicyclic amines) is 1. The summed E-state index contributed by atoms with van der Waals surface area (Å²) in [7, 11) is 0. The smallest absolute Gasteiger partial charge is 0.237 e. The second-order valence-corrected chi connectivity index (χ2v) is 6.32. The third-order valence-corrected chi connectivity index (χ3v) is 4.78. The predicted octanol–water partition coefficient (Wildman–Crippen LogP) is 1.03. The summed E-state index contributed by atoms with van der Waals surface area (Å²) in [5.41, 5.74) is 0. The molecule has 0 unspecified atom stereocenters. The van der Waals surface area contributed by atoms with E-state index in [0.29, 0.717) is 12.6 Å². The van der Waals surface area contributed by atoms with Crippen molar-refractivity contribution in [1.82, 2.24) is 20.0 Å². The maximum absolute atomic E-state index is 12.4. The average Bonchev–Trinajstić information content (AvgIpc) is 3.27. The van der Waals surface area contributed by atoms with Crippen molar-refractivity contribution in [2.45, 2.75) is 57.3 Å². The van der Waals surface area contributed by atoms with E-state index < -0.39 is 0 Å². The van der Waals surface area contributed by atoms with E-state index in [9.17, 15) is 4.79 Å². The zero-order chi connectivity index (χ0) is 15.4. The molecular formula is C16H26N4O2. The predicted molar refractivity (Wildman–Crippen MR) is 83.4 cm³/mol. The molecule has 0 spiro atoms. The van der Waals surface area contributed by atoms with Gasteiger partial charge in [-0.15, -0.1) is 0 Å². The van der Waals surface area contributed by atoms with Crippen molar-refractivity contribution in [3.63, 3.8) is 0 Å². The van der Waals surface area contributed by atoms with E-state index in [-0.39, 0.29) is 18.1 Å². The summed E-state index contributed by atoms with van der Waals surface area (Å²) >= 11 is 0. The lowest BCUT2D eigenvalue weighted by atomic mass is 10.2. The molecular weight excluding hydrogens is 280 g/mol. The first kappa shape index (κ1) is 15.5. The van der Waals surface area contributed by atoms with Crippen LogP contribution in [-0.2, 0) is 16.1 Å². The van der Waals surface area contributed by atoms with E-state index in [0.717, 1.165) is 45.4 Å². The number of nitrogens with zero attached hydrogens (tertiary/aromatic N) is 3. The monoisotopic (exact) mass is 306 g/mol. The Bertz CT molecular complexity index is 471. The summed E-state index contributed by atoms with van der Waals surface area (Å²) in [6.07, 6.45) is 8.43. The van der Waals surface area contributed by atoms with Crippen LogP contribution in [0, 0.1) is 0 Å². The quantitative estimate of drug-likeness (QED) is 0.853. The number of ether oxygens (including phenoxy) is 1. The Morgan fingerprint density at radius 3 is 3.09 bits per heavy atom. The fourth-order valence-electron chi connectivity index (χ4n) is 3.51. The molecule has 2 saturated heterocycles. The van der Waals surface area contributed by atoms with Gasteiger partial charge in [0.1, 0.15) is 0 Å². The topological polar surface area (TPSA) is 59.4 Å². The summed E-state index contributed by atoms with van der Waals surface area (Å²) in [6, 6.07) is 2.24. The van der Waals surface area contributed by atoms with Gasteiger partial charge in [-0.1, -0.05) is 0 Å². The number of hydrogen-bond acceptors (Lipinski definition) is 4. The van der Waals surface area contributed by atoms with E-state index in [1.165, 1.54) is 0 Å². The minimum absolute atomic E-state index is 0.0931. The highest BCUT2D eigenvalue weighted by Gasteiger charge is 2.32. The Morgan fingerprint density at radius 2 is 2.36 bits per heavy atom. The zero-order valence-electron chi connectivity index (χ0n) is 13.3. The molecule has 0 aliphatic carbocycles. The first-order valence-electron chi connectivity index (χ1n) is 8.36. The third kappa shape index (κ3) is 3.67. The van der Waals surface area contributed by atoms with Gasteiger partial charge in [0.15, 0.2) is 0 Å². The number of aromatic nitrogens is 2. The van der Waals surface area contributed by atoms with Gasteiger partial charge in [-0.05, 0) is 45.2 Å². The molecule has 0 saturated carbocycles. The molecule has 2 aliphatic heterocycles. The second kappa shape index (κ2) is 7.24. The molecule has 2 fully saturated rings. The Balaban J connectivity index is 1.50. The molecule has 6 nitrogen and oxygen atoms in total. The van der Waals surface area contributed by atoms with Crippen LogP contribution < -0.4 is 5.32 Å². The summed E-state index contributed by atoms with van der Waals surface area (Å²) in [4.78, 5) is 14.7. The largest absolute Gasteiger partial charge is 0.376 e. The zero-order valence-corrected chi connectivity index (χ0v) is 13.3. The SMILES string of the molecule is C[C@H](C(=O)NC[C@@H]1CCCO1)N1CCC[C@H]1Cn1cccn1. The van der Waals surface area contributed by atoms with Gasteiger partial charge in [-0.2, -0.15) is 5.10 Å². The number of carbonyl (C=O) groups is 1. The van der Waals surface area contributed by atoms with E-state index in [4.69, 9.17) is 4.74 Å². The summed E-state index contributed by atoms with van der Waals surface area (Å²) in [6.45, 7) is 5.32. The Morgan fingerprint density at radius 1 is 1.45 bits per heavy atom. The molecule has 1 aromatic rings. The van der Waals surface area contributed by atoms with Crippen molar-refractivity contribution < 1.29 is 9.53 Å². The van der Waals surface area contributed by atoms with Crippen LogP contribution in [0.5, 0.6) is 0 Å². The fourth-order valence-corrected chi connectivity index (χ4v) is 3.51. The lowest BCUT2D eigenvalue weighted by Gasteiger charge is -2.30. The highest BCUT2D eigenvalue weighted by molar-refractivity contribution is 5.81. The van der Waals surface area contributed by atoms with E-state index >= 15 is 0 Å². The normalized spacial score (nSPS) is 27.1. The molecule has 1 amide bonds. The van der Waals surface area contributed by atoms with Gasteiger partial charge >= 0.3 is 0 Å². The molecule has 0 aromatic carbocycles. The lowest BCUT2D eigenvalue weighted by Crippen LogP contribution is -2.49. The first-order chi connectivity index (χ1) is 10.7. The maximum Gasteiger partial charge on any atom is 0.237 e. The molecule has 3 heterocycles. The summed E-state index contributed by atoms with van der Waals surface area (Å²) < 4.78 is 7.52. The molecule has 122 valence electrons. The highest BCUT2D eigenvalue weighted by atomic mass is 16.5. The Hall–Kier alpha value is -1.40. The third-order valence-electron chi connectivity index (χ3n) is 4.78. The molecule has 0 bridgehead atoms. The van der Waals surface area contributed by atoms with Crippen LogP contribution in [0.2, 0.25) is 0 Å². The van der Waals surface area contributed by atoms with Gasteiger partial charge in [0.25, 0.3) is 0 Å². The first-order valence-corrected chi connectivity index (χ1v) is 8.36. The number of amides is 1. The van der Waals surface area contributed by atoms with Crippen molar-refractivity contribution in [2.24, 2.45) is 0 Å². The van der Waals surface area contributed by atoms with Gasteiger partial charge in [0.05, 0.1) is 18.7 Å². The molecule has 22 heavy (non-hydrogen) atoms. The van der Waals surface area contributed by atoms with Crippen LogP contribution in [0.3, 0.4) is 0 Å². The van der Waals surface area contributed by atoms with Crippen LogP contribution in [-0.4, -0.2) is 58.5 Å². The van der Waals surface area contributed by atoms with Crippen molar-refractivity contribution in [3.8, 4) is 0 Å². The van der Waals surface area contributed by atoms with Gasteiger partial charge in [-0.3, -0.25) is 14.4 Å². The van der Waals surface area contributed by atoms with Crippen molar-refractivity contribution in [2.75, 3.05) is 19.7 Å². The Kier molecular flexibility index (Phi) is 5.10. The van der Waals surface area contributed by atoms with E-state index in [2.05, 4.69) is 15.3 Å². The van der Waals surface area contributed by atoms with E-state index in [1.807, 2.05) is 23.9 Å². The lowest BCUT2D eigenvalue weighted by molar-refractivity contribution is -0.126. The molecule has 1 aromatic heterocycles. The average molecular weight is 306 g/mol. The second-order valence-electron chi connectivity index (χ2n) is 6.32. The number of carbonyl (C=O) groups excluding carboxylic acids is 1. The molecule has 3 rings (SSSR count). The van der Waals surface area contributed by atoms with Crippen molar-refractivity contribution in [1.29, 1.82) is 0 Å². The van der Waals surface area contributed by atoms with Gasteiger partial charge in [-0.25, -0.2) is 0 Å². The summed E-state index contributed by atoms with van der Waals surface area (Å²) in [5.74, 6) is 0.114. The minimum atomic E-state index is -0.0931. The maximum atomic E-state index is 12.4. The molecule has 6 heteroatoms. The van der Waals surface area contributed by atoms with Crippen LogP contribution in [0.25, 0.3) is 0 Å². The van der Waals surface area contributed by atoms with E-state index in [1.54, 1.807) is 6.20 Å². The molecule has 3 atom stereocenters. The van der Waals surface area contributed by atoms with Gasteiger partial charge in [0, 0.05) is 31.6 Å². The Labute approximate surface area is 131 Å². The van der Waals surface area contributed by atoms with Crippen LogP contribution in [0.15, 0.2) is 18.5 Å². The van der Waals surface area contributed by atoms with Crippen LogP contribution in [0.4, 0.5) is 0 Å². The van der Waals surface area contributed by atoms with Gasteiger partial charge < -0.3 is 10.1 Å². The standard InChI is InChI=1S/C16H26N4O2/c1-13(16(21)17-11-15-6-3-10-22-15)20-9-2-5-14(20)12-19-8-4-7-18-19/h4,7-8,13-15H,2-3,5-6,9-12H2,1H3,(H,17,21)/t13-,14+,15+/m1/s1. The number of rotatable bonds is 6. The van der Waals surface area contributed by atoms with Crippen molar-refractivity contribution >= 4 is 5.91 Å². The highest BCUT2D eigenvalue weighted by Crippen LogP contribution is 2.21. The van der Waals surface area contributed by atoms with Gasteiger partial charge in [0.2, 0.25) is 5.91 Å². The van der Waals surface area contributed by atoms with Crippen LogP contribution >= 0.6 is 0 Å². The minimum Gasteiger partial charge on any atom is -0.376 e. The number of hydrogen-bond donors (Lipinski definition) is 1. The fraction of sp³-hybridized carbons (Fsp3) is 0.750. The number of nitrogens with one attached hydrogen (secondary N) is 1.